The number of hydrogen-bond donors (Lipinski definition) is 1. The summed E-state index contributed by atoms with van der Waals surface area (Å²) in [6.45, 7) is 7.84. The maximum atomic E-state index is 13.4. The maximum Gasteiger partial charge on any atom is 0.335 e. The first-order chi connectivity index (χ1) is 16.1. The maximum absolute atomic E-state index is 13.4. The lowest BCUT2D eigenvalue weighted by molar-refractivity contribution is -0.122. The normalized spacial score (nSPS) is 15.1. The zero-order chi connectivity index (χ0) is 24.6. The third-order valence-corrected chi connectivity index (χ3v) is 6.01. The average molecular weight is 473 g/mol. The van der Waals surface area contributed by atoms with E-state index in [1.54, 1.807) is 18.2 Å². The predicted octanol–water partition coefficient (Wildman–Crippen LogP) is 5.83. The van der Waals surface area contributed by atoms with Gasteiger partial charge in [0, 0.05) is 5.02 Å². The summed E-state index contributed by atoms with van der Waals surface area (Å²) < 4.78 is 0. The number of rotatable bonds is 4. The number of carbonyl (C=O) groups is 3. The Labute approximate surface area is 204 Å². The van der Waals surface area contributed by atoms with Crippen LogP contribution in [-0.2, 0) is 16.0 Å². The molecule has 0 radical (unpaired) electrons. The smallest absolute Gasteiger partial charge is 0.273 e. The quantitative estimate of drug-likeness (QED) is 0.383. The molecule has 1 fully saturated rings. The molecule has 0 aromatic heterocycles. The first-order valence-electron chi connectivity index (χ1n) is 11.0. The van der Waals surface area contributed by atoms with Crippen LogP contribution < -0.4 is 10.2 Å². The number of anilines is 1. The van der Waals surface area contributed by atoms with Crippen molar-refractivity contribution in [3.8, 4) is 0 Å². The van der Waals surface area contributed by atoms with Crippen molar-refractivity contribution in [1.82, 2.24) is 5.32 Å². The van der Waals surface area contributed by atoms with Crippen molar-refractivity contribution in [3.63, 3.8) is 0 Å². The fraction of sp³-hybridized carbons (Fsp3) is 0.179. The van der Waals surface area contributed by atoms with Crippen molar-refractivity contribution in [2.45, 2.75) is 34.1 Å². The number of nitrogens with one attached hydrogen (secondary N) is 1. The summed E-state index contributed by atoms with van der Waals surface area (Å²) >= 11 is 6.26. The Morgan fingerprint density at radius 3 is 2.24 bits per heavy atom. The molecular weight excluding hydrogens is 448 g/mol. The van der Waals surface area contributed by atoms with Crippen LogP contribution in [0.3, 0.4) is 0 Å². The van der Waals surface area contributed by atoms with E-state index in [2.05, 4.69) is 23.5 Å². The number of amides is 4. The molecule has 0 aliphatic carbocycles. The number of hydrogen-bond acceptors (Lipinski definition) is 3. The molecule has 34 heavy (non-hydrogen) atoms. The van der Waals surface area contributed by atoms with Crippen LogP contribution in [0.15, 0.2) is 60.2 Å². The van der Waals surface area contributed by atoms with Crippen LogP contribution in [0.25, 0.3) is 6.08 Å². The topological polar surface area (TPSA) is 66.5 Å². The fourth-order valence-electron chi connectivity index (χ4n) is 4.34. The van der Waals surface area contributed by atoms with Crippen LogP contribution >= 0.6 is 11.6 Å². The molecule has 1 N–H and O–H groups in total. The van der Waals surface area contributed by atoms with Gasteiger partial charge in [-0.05, 0) is 80.6 Å². The van der Waals surface area contributed by atoms with E-state index >= 15 is 0 Å². The molecule has 3 aromatic carbocycles. The van der Waals surface area contributed by atoms with E-state index in [0.29, 0.717) is 22.7 Å². The second-order valence-electron chi connectivity index (χ2n) is 8.76. The third kappa shape index (κ3) is 4.80. The van der Waals surface area contributed by atoms with Crippen molar-refractivity contribution >= 4 is 41.2 Å². The number of nitrogens with zero attached hydrogens (tertiary/aromatic N) is 1. The third-order valence-electron chi connectivity index (χ3n) is 5.78. The lowest BCUT2D eigenvalue weighted by atomic mass is 9.95. The summed E-state index contributed by atoms with van der Waals surface area (Å²) in [5.74, 6) is -1.40. The molecule has 1 heterocycles. The number of carbonyl (C=O) groups excluding carboxylic acids is 3. The summed E-state index contributed by atoms with van der Waals surface area (Å²) in [4.78, 5) is 39.7. The van der Waals surface area contributed by atoms with E-state index in [1.807, 2.05) is 45.9 Å². The average Bonchev–Trinajstić information content (AvgIpc) is 2.73. The Morgan fingerprint density at radius 2 is 1.56 bits per heavy atom. The Bertz CT molecular complexity index is 1350. The standard InChI is InChI=1S/C28H25ClN2O3/c1-16-5-8-25(19(4)10-16)31-27(33)24(26(32)30-28(31)34)15-22-14-23(29)7-6-21(22)13-20-11-17(2)9-18(3)12-20/h5-12,14-15H,13H2,1-4H3,(H,30,32,34)/b24-15+. The number of imide groups is 2. The molecule has 5 nitrogen and oxygen atoms in total. The van der Waals surface area contributed by atoms with Gasteiger partial charge in [0.1, 0.15) is 5.57 Å². The van der Waals surface area contributed by atoms with Gasteiger partial charge in [-0.25, -0.2) is 9.69 Å². The lowest BCUT2D eigenvalue weighted by Gasteiger charge is -2.27. The van der Waals surface area contributed by atoms with Crippen LogP contribution in [0.5, 0.6) is 0 Å². The van der Waals surface area contributed by atoms with Gasteiger partial charge >= 0.3 is 6.03 Å². The second-order valence-corrected chi connectivity index (χ2v) is 9.20. The first kappa shape index (κ1) is 23.5. The van der Waals surface area contributed by atoms with E-state index in [-0.39, 0.29) is 5.57 Å². The zero-order valence-corrected chi connectivity index (χ0v) is 20.3. The van der Waals surface area contributed by atoms with E-state index < -0.39 is 17.8 Å². The van der Waals surface area contributed by atoms with E-state index in [1.165, 1.54) is 6.08 Å². The monoisotopic (exact) mass is 472 g/mol. The summed E-state index contributed by atoms with van der Waals surface area (Å²) in [5, 5.41) is 2.78. The highest BCUT2D eigenvalue weighted by atomic mass is 35.5. The highest BCUT2D eigenvalue weighted by molar-refractivity contribution is 6.39. The van der Waals surface area contributed by atoms with Gasteiger partial charge in [0.25, 0.3) is 11.8 Å². The van der Waals surface area contributed by atoms with Gasteiger partial charge in [-0.15, -0.1) is 0 Å². The largest absolute Gasteiger partial charge is 0.335 e. The lowest BCUT2D eigenvalue weighted by Crippen LogP contribution is -2.54. The summed E-state index contributed by atoms with van der Waals surface area (Å²) in [6.07, 6.45) is 2.12. The van der Waals surface area contributed by atoms with Crippen LogP contribution in [0.4, 0.5) is 10.5 Å². The second kappa shape index (κ2) is 9.27. The van der Waals surface area contributed by atoms with Gasteiger partial charge in [0.2, 0.25) is 0 Å². The number of barbiturate groups is 1. The van der Waals surface area contributed by atoms with Crippen molar-refractivity contribution in [2.24, 2.45) is 0 Å². The van der Waals surface area contributed by atoms with Gasteiger partial charge in [0.15, 0.2) is 0 Å². The number of aryl methyl sites for hydroxylation is 4. The minimum atomic E-state index is -0.763. The minimum absolute atomic E-state index is 0.122. The minimum Gasteiger partial charge on any atom is -0.273 e. The molecule has 0 unspecified atom stereocenters. The molecule has 4 rings (SSSR count). The van der Waals surface area contributed by atoms with Crippen LogP contribution in [-0.4, -0.2) is 17.8 Å². The predicted molar refractivity (Wildman–Crippen MR) is 135 cm³/mol. The number of urea groups is 1. The molecule has 0 saturated carbocycles. The molecule has 1 aliphatic rings. The molecule has 1 saturated heterocycles. The Hall–Kier alpha value is -3.70. The molecule has 6 heteroatoms. The molecule has 4 amide bonds. The van der Waals surface area contributed by atoms with Crippen LogP contribution in [0.2, 0.25) is 5.02 Å². The summed E-state index contributed by atoms with van der Waals surface area (Å²) in [7, 11) is 0. The highest BCUT2D eigenvalue weighted by Crippen LogP contribution is 2.28. The Morgan fingerprint density at radius 1 is 0.853 bits per heavy atom. The highest BCUT2D eigenvalue weighted by Gasteiger charge is 2.37. The SMILES string of the molecule is Cc1cc(C)cc(Cc2ccc(Cl)cc2/C=C2\C(=O)NC(=O)N(c3ccc(C)cc3C)C2=O)c1. The molecule has 0 spiro atoms. The van der Waals surface area contributed by atoms with E-state index in [4.69, 9.17) is 11.6 Å². The molecule has 0 bridgehead atoms. The summed E-state index contributed by atoms with van der Waals surface area (Å²) in [5.41, 5.74) is 7.09. The first-order valence-corrected chi connectivity index (χ1v) is 11.3. The van der Waals surface area contributed by atoms with E-state index in [0.717, 1.165) is 38.3 Å². The Balaban J connectivity index is 1.76. The number of halogens is 1. The van der Waals surface area contributed by atoms with Crippen molar-refractivity contribution in [2.75, 3.05) is 4.90 Å². The van der Waals surface area contributed by atoms with Gasteiger partial charge in [-0.3, -0.25) is 14.9 Å². The molecule has 0 atom stereocenters. The molecule has 3 aromatic rings. The molecule has 172 valence electrons. The van der Waals surface area contributed by atoms with E-state index in [9.17, 15) is 14.4 Å². The summed E-state index contributed by atoms with van der Waals surface area (Å²) in [6, 6.07) is 16.4. The van der Waals surface area contributed by atoms with Crippen LogP contribution in [0.1, 0.15) is 38.9 Å². The molecule has 1 aliphatic heterocycles. The van der Waals surface area contributed by atoms with Crippen molar-refractivity contribution < 1.29 is 14.4 Å². The van der Waals surface area contributed by atoms with Gasteiger partial charge in [0.05, 0.1) is 5.69 Å². The van der Waals surface area contributed by atoms with Crippen molar-refractivity contribution in [1.29, 1.82) is 0 Å². The van der Waals surface area contributed by atoms with Crippen molar-refractivity contribution in [3.05, 3.63) is 104 Å². The van der Waals surface area contributed by atoms with Gasteiger partial charge in [-0.1, -0.05) is 64.7 Å². The fourth-order valence-corrected chi connectivity index (χ4v) is 4.52. The van der Waals surface area contributed by atoms with Gasteiger partial charge < -0.3 is 0 Å². The molecular formula is C28H25ClN2O3. The number of benzene rings is 3. The van der Waals surface area contributed by atoms with Gasteiger partial charge in [-0.2, -0.15) is 0 Å². The zero-order valence-electron chi connectivity index (χ0n) is 19.5. The van der Waals surface area contributed by atoms with Crippen LogP contribution in [0, 0.1) is 27.7 Å². The Kier molecular flexibility index (Phi) is 6.40.